The summed E-state index contributed by atoms with van der Waals surface area (Å²) in [6, 6.07) is 4.91. The van der Waals surface area contributed by atoms with Gasteiger partial charge in [0.15, 0.2) is 21.3 Å². The number of rotatable bonds is 3. The lowest BCUT2D eigenvalue weighted by atomic mass is 9.96. The van der Waals surface area contributed by atoms with E-state index in [2.05, 4.69) is 10.2 Å². The number of fused-ring (bicyclic) bond motifs is 1. The van der Waals surface area contributed by atoms with Gasteiger partial charge in [0.1, 0.15) is 5.60 Å². The van der Waals surface area contributed by atoms with E-state index < -0.39 is 20.7 Å². The van der Waals surface area contributed by atoms with Crippen LogP contribution in [-0.2, 0) is 14.6 Å². The van der Waals surface area contributed by atoms with E-state index in [1.165, 1.54) is 0 Å². The van der Waals surface area contributed by atoms with Crippen molar-refractivity contribution in [3.63, 3.8) is 0 Å². The molecule has 0 aliphatic carbocycles. The summed E-state index contributed by atoms with van der Waals surface area (Å²) in [6.07, 6.45) is 2.26. The molecule has 0 aromatic heterocycles. The quantitative estimate of drug-likeness (QED) is 0.772. The topological polar surface area (TPSA) is 97.4 Å². The number of nitrogens with one attached hydrogen (secondary N) is 1. The molecule has 1 spiro atoms. The number of carbonyl (C=O) groups excluding carboxylic acids is 1. The monoisotopic (exact) mass is 423 g/mol. The molecule has 158 valence electrons. The van der Waals surface area contributed by atoms with E-state index in [0.29, 0.717) is 23.7 Å². The minimum Gasteiger partial charge on any atom is -0.454 e. The smallest absolute Gasteiger partial charge is 0.322 e. The molecule has 4 heterocycles. The maximum absolute atomic E-state index is 12.8. The van der Waals surface area contributed by atoms with E-state index in [1.807, 2.05) is 0 Å². The first-order chi connectivity index (χ1) is 13.9. The molecule has 3 saturated heterocycles. The predicted octanol–water partition coefficient (Wildman–Crippen LogP) is 0.911. The van der Waals surface area contributed by atoms with Gasteiger partial charge >= 0.3 is 6.03 Å². The van der Waals surface area contributed by atoms with E-state index in [1.54, 1.807) is 23.1 Å². The molecule has 3 fully saturated rings. The maximum atomic E-state index is 12.8. The molecule has 10 heteroatoms. The molecule has 1 aromatic rings. The molecule has 29 heavy (non-hydrogen) atoms. The van der Waals surface area contributed by atoms with Gasteiger partial charge in [0, 0.05) is 18.3 Å². The molecule has 4 aliphatic rings. The Bertz CT molecular complexity index is 909. The van der Waals surface area contributed by atoms with Crippen LogP contribution in [0.3, 0.4) is 0 Å². The minimum atomic E-state index is -3.25. The Labute approximate surface area is 169 Å². The van der Waals surface area contributed by atoms with Crippen molar-refractivity contribution >= 4 is 21.6 Å². The van der Waals surface area contributed by atoms with Crippen LogP contribution in [0.1, 0.15) is 12.8 Å². The van der Waals surface area contributed by atoms with Crippen LogP contribution in [0.25, 0.3) is 0 Å². The average molecular weight is 423 g/mol. The highest BCUT2D eigenvalue weighted by Gasteiger charge is 2.54. The molecule has 1 atom stereocenters. The molecule has 5 rings (SSSR count). The van der Waals surface area contributed by atoms with Crippen LogP contribution in [0.2, 0.25) is 0 Å². The minimum absolute atomic E-state index is 0.0215. The molecule has 4 aliphatic heterocycles. The van der Waals surface area contributed by atoms with Gasteiger partial charge in [-0.1, -0.05) is 0 Å². The summed E-state index contributed by atoms with van der Waals surface area (Å²) in [5.41, 5.74) is -0.171. The Balaban J connectivity index is 1.16. The molecular formula is C19H25N3O6S. The Morgan fingerprint density at radius 2 is 1.93 bits per heavy atom. The van der Waals surface area contributed by atoms with Gasteiger partial charge < -0.3 is 29.3 Å². The third-order valence-corrected chi connectivity index (χ3v) is 8.31. The van der Waals surface area contributed by atoms with Crippen molar-refractivity contribution in [3.05, 3.63) is 18.2 Å². The summed E-state index contributed by atoms with van der Waals surface area (Å²) >= 11 is 0. The van der Waals surface area contributed by atoms with Gasteiger partial charge in [-0.25, -0.2) is 13.2 Å². The van der Waals surface area contributed by atoms with Crippen molar-refractivity contribution in [2.45, 2.75) is 23.7 Å². The van der Waals surface area contributed by atoms with Gasteiger partial charge in [-0.15, -0.1) is 0 Å². The lowest BCUT2D eigenvalue weighted by Gasteiger charge is -2.52. The zero-order valence-corrected chi connectivity index (χ0v) is 16.9. The number of urea groups is 1. The van der Waals surface area contributed by atoms with Crippen LogP contribution < -0.4 is 14.8 Å². The maximum Gasteiger partial charge on any atom is 0.322 e. The third-order valence-electron chi connectivity index (χ3n) is 6.08. The van der Waals surface area contributed by atoms with Crippen LogP contribution in [0.5, 0.6) is 11.5 Å². The number of ether oxygens (including phenoxy) is 3. The summed E-state index contributed by atoms with van der Waals surface area (Å²) < 4.78 is 42.2. The van der Waals surface area contributed by atoms with Crippen molar-refractivity contribution in [1.82, 2.24) is 9.80 Å². The number of amides is 2. The first-order valence-corrected chi connectivity index (χ1v) is 11.7. The first kappa shape index (κ1) is 19.0. The van der Waals surface area contributed by atoms with Crippen LogP contribution in [0, 0.1) is 0 Å². The normalized spacial score (nSPS) is 27.0. The molecule has 0 unspecified atom stereocenters. The van der Waals surface area contributed by atoms with E-state index in [-0.39, 0.29) is 38.3 Å². The molecule has 2 amide bonds. The van der Waals surface area contributed by atoms with Gasteiger partial charge in [0.05, 0.1) is 30.7 Å². The lowest BCUT2D eigenvalue weighted by Crippen LogP contribution is -2.71. The second kappa shape index (κ2) is 7.03. The number of sulfone groups is 1. The standard InChI is InChI=1S/C19H25N3O6S/c23-18(20-14-3-4-16-17(7-14)27-13-26-16)22-10-19(11-22)12-29(24,25)15(9-28-19)8-21-5-1-2-6-21/h3-4,7,15H,1-2,5-6,8-13H2,(H,20,23)/t15-/m0/s1. The molecule has 1 aromatic carbocycles. The first-order valence-electron chi connectivity index (χ1n) is 9.96. The summed E-state index contributed by atoms with van der Waals surface area (Å²) in [6.45, 7) is 3.41. The van der Waals surface area contributed by atoms with Gasteiger partial charge in [0.25, 0.3) is 0 Å². The Hall–Kier alpha value is -2.04. The fourth-order valence-corrected chi connectivity index (χ4v) is 6.42. The average Bonchev–Trinajstić information content (AvgIpc) is 3.32. The van der Waals surface area contributed by atoms with E-state index >= 15 is 0 Å². The zero-order chi connectivity index (χ0) is 20.1. The predicted molar refractivity (Wildman–Crippen MR) is 105 cm³/mol. The third kappa shape index (κ3) is 3.64. The zero-order valence-electron chi connectivity index (χ0n) is 16.1. The molecule has 0 radical (unpaired) electrons. The van der Waals surface area contributed by atoms with E-state index in [4.69, 9.17) is 14.2 Å². The van der Waals surface area contributed by atoms with Crippen molar-refractivity contribution in [1.29, 1.82) is 0 Å². The van der Waals surface area contributed by atoms with Crippen LogP contribution >= 0.6 is 0 Å². The Morgan fingerprint density at radius 3 is 2.69 bits per heavy atom. The number of anilines is 1. The fraction of sp³-hybridized carbons (Fsp3) is 0.632. The van der Waals surface area contributed by atoms with E-state index in [0.717, 1.165) is 25.9 Å². The second-order valence-electron chi connectivity index (χ2n) is 8.29. The Morgan fingerprint density at radius 1 is 1.17 bits per heavy atom. The molecule has 0 bridgehead atoms. The molecule has 0 saturated carbocycles. The second-order valence-corrected chi connectivity index (χ2v) is 10.6. The van der Waals surface area contributed by atoms with Crippen molar-refractivity contribution in [2.75, 3.05) is 57.2 Å². The fourth-order valence-electron chi connectivity index (χ4n) is 4.47. The van der Waals surface area contributed by atoms with Crippen LogP contribution in [0.4, 0.5) is 10.5 Å². The number of benzene rings is 1. The highest BCUT2D eigenvalue weighted by molar-refractivity contribution is 7.92. The summed E-state index contributed by atoms with van der Waals surface area (Å²) in [5.74, 6) is 1.22. The summed E-state index contributed by atoms with van der Waals surface area (Å²) in [5, 5.41) is 2.34. The Kier molecular flexibility index (Phi) is 4.60. The van der Waals surface area contributed by atoms with Gasteiger partial charge in [-0.2, -0.15) is 0 Å². The highest BCUT2D eigenvalue weighted by Crippen LogP contribution is 2.36. The lowest BCUT2D eigenvalue weighted by molar-refractivity contribution is -0.117. The molecular weight excluding hydrogens is 398 g/mol. The number of carbonyl (C=O) groups is 1. The molecule has 9 nitrogen and oxygen atoms in total. The van der Waals surface area contributed by atoms with Crippen molar-refractivity contribution in [3.8, 4) is 11.5 Å². The molecule has 1 N–H and O–H groups in total. The van der Waals surface area contributed by atoms with Gasteiger partial charge in [-0.3, -0.25) is 0 Å². The van der Waals surface area contributed by atoms with Crippen LogP contribution in [0.15, 0.2) is 18.2 Å². The van der Waals surface area contributed by atoms with E-state index in [9.17, 15) is 13.2 Å². The van der Waals surface area contributed by atoms with Gasteiger partial charge in [-0.05, 0) is 38.1 Å². The summed E-state index contributed by atoms with van der Waals surface area (Å²) in [4.78, 5) is 16.3. The SMILES string of the molecule is O=C(Nc1ccc2c(c1)OCO2)N1CC2(C1)CS(=O)(=O)[C@@H](CN1CCCC1)CO2. The number of nitrogens with zero attached hydrogens (tertiary/aromatic N) is 2. The van der Waals surface area contributed by atoms with Gasteiger partial charge in [0.2, 0.25) is 6.79 Å². The highest BCUT2D eigenvalue weighted by atomic mass is 32.2. The summed E-state index contributed by atoms with van der Waals surface area (Å²) in [7, 11) is -3.25. The van der Waals surface area contributed by atoms with Crippen molar-refractivity contribution in [2.24, 2.45) is 0 Å². The number of hydrogen-bond donors (Lipinski definition) is 1. The van der Waals surface area contributed by atoms with Crippen molar-refractivity contribution < 1.29 is 27.4 Å². The van der Waals surface area contributed by atoms with Crippen LogP contribution in [-0.4, -0.2) is 87.0 Å². The number of hydrogen-bond acceptors (Lipinski definition) is 7. The largest absolute Gasteiger partial charge is 0.454 e. The number of likely N-dealkylation sites (tertiary alicyclic amines) is 2.